The highest BCUT2D eigenvalue weighted by Gasteiger charge is 2.29. The third-order valence-electron chi connectivity index (χ3n) is 3.74. The van der Waals surface area contributed by atoms with Crippen molar-refractivity contribution in [3.05, 3.63) is 16.7 Å². The Hall–Kier alpha value is -2.33. The Morgan fingerprint density at radius 1 is 0.840 bits per heavy atom. The third kappa shape index (κ3) is 4.02. The molecule has 0 aliphatic carbocycles. The van der Waals surface area contributed by atoms with E-state index in [1.807, 2.05) is 0 Å². The molecule has 0 aromatic heterocycles. The normalized spacial score (nSPS) is 11.2. The summed E-state index contributed by atoms with van der Waals surface area (Å²) in [6.45, 7) is 4.79. The predicted molar refractivity (Wildman–Crippen MR) is 93.6 cm³/mol. The third-order valence-corrected chi connectivity index (χ3v) is 5.83. The van der Waals surface area contributed by atoms with Crippen molar-refractivity contribution in [1.82, 2.24) is 4.31 Å². The number of hydrogen-bond donors (Lipinski definition) is 2. The number of carbonyl (C=O) groups is 2. The first-order chi connectivity index (χ1) is 11.5. The summed E-state index contributed by atoms with van der Waals surface area (Å²) in [5.41, 5.74) is 1.63. The van der Waals surface area contributed by atoms with E-state index in [4.69, 9.17) is 0 Å². The highest BCUT2D eigenvalue weighted by molar-refractivity contribution is 7.89. The van der Waals surface area contributed by atoms with Gasteiger partial charge < -0.3 is 9.47 Å². The minimum absolute atomic E-state index is 0.0130. The zero-order valence-electron chi connectivity index (χ0n) is 15.3. The number of ether oxygens (including phenoxy) is 2. The van der Waals surface area contributed by atoms with Gasteiger partial charge in [-0.1, -0.05) is 0 Å². The molecule has 0 atom stereocenters. The lowest BCUT2D eigenvalue weighted by Crippen LogP contribution is -2.26. The van der Waals surface area contributed by atoms with Gasteiger partial charge in [-0.05, 0) is 37.5 Å². The van der Waals surface area contributed by atoms with Gasteiger partial charge in [0.25, 0.3) is 0 Å². The van der Waals surface area contributed by atoms with E-state index in [0.29, 0.717) is 16.7 Å². The molecule has 2 amide bonds. The standard InChI is InChI=1S/C15H23N3O6S/c1-8-11(16-14(19)23-6)9(2)13(25(21,22)18(4)5)10(3)12(8)17-15(20)24-7/h1-7H3,(H,16,19)(H,17,20). The fourth-order valence-corrected chi connectivity index (χ4v) is 3.79. The van der Waals surface area contributed by atoms with Crippen LogP contribution in [-0.4, -0.2) is 53.2 Å². The van der Waals surface area contributed by atoms with Crippen molar-refractivity contribution >= 4 is 33.6 Å². The number of benzene rings is 1. The molecule has 9 nitrogen and oxygen atoms in total. The first-order valence-corrected chi connectivity index (χ1v) is 8.69. The molecule has 0 saturated carbocycles. The summed E-state index contributed by atoms with van der Waals surface area (Å²) in [7, 11) is 1.35. The Kier molecular flexibility index (Phi) is 6.38. The summed E-state index contributed by atoms with van der Waals surface area (Å²) < 4.78 is 35.7. The molecule has 1 rings (SSSR count). The number of nitrogens with one attached hydrogen (secondary N) is 2. The molecule has 25 heavy (non-hydrogen) atoms. The quantitative estimate of drug-likeness (QED) is 0.836. The van der Waals surface area contributed by atoms with E-state index in [9.17, 15) is 18.0 Å². The number of methoxy groups -OCH3 is 2. The summed E-state index contributed by atoms with van der Waals surface area (Å²) >= 11 is 0. The van der Waals surface area contributed by atoms with Gasteiger partial charge in [-0.15, -0.1) is 0 Å². The summed E-state index contributed by atoms with van der Waals surface area (Å²) in [5, 5.41) is 5.00. The molecule has 0 heterocycles. The molecular weight excluding hydrogens is 350 g/mol. The summed E-state index contributed by atoms with van der Waals surface area (Å²) in [6, 6.07) is 0. The van der Waals surface area contributed by atoms with Crippen LogP contribution in [0.1, 0.15) is 16.7 Å². The maximum atomic E-state index is 12.7. The van der Waals surface area contributed by atoms with Crippen LogP contribution in [0.15, 0.2) is 4.90 Å². The van der Waals surface area contributed by atoms with Crippen LogP contribution >= 0.6 is 0 Å². The number of hydrogen-bond acceptors (Lipinski definition) is 6. The largest absolute Gasteiger partial charge is 0.453 e. The van der Waals surface area contributed by atoms with E-state index < -0.39 is 22.2 Å². The zero-order chi connectivity index (χ0) is 19.5. The SMILES string of the molecule is COC(=O)Nc1c(C)c(NC(=O)OC)c(C)c(S(=O)(=O)N(C)C)c1C. The Labute approximate surface area is 147 Å². The number of anilines is 2. The second-order valence-corrected chi connectivity index (χ2v) is 7.56. The van der Waals surface area contributed by atoms with E-state index in [1.54, 1.807) is 20.8 Å². The average Bonchev–Trinajstić information content (AvgIpc) is 2.54. The molecular formula is C15H23N3O6S. The van der Waals surface area contributed by atoms with Crippen molar-refractivity contribution < 1.29 is 27.5 Å². The molecule has 0 bridgehead atoms. The lowest BCUT2D eigenvalue weighted by molar-refractivity contribution is 0.186. The van der Waals surface area contributed by atoms with Crippen LogP contribution in [0.3, 0.4) is 0 Å². The minimum atomic E-state index is -3.84. The van der Waals surface area contributed by atoms with Crippen LogP contribution in [-0.2, 0) is 19.5 Å². The fraction of sp³-hybridized carbons (Fsp3) is 0.467. The highest BCUT2D eigenvalue weighted by Crippen LogP contribution is 2.38. The van der Waals surface area contributed by atoms with E-state index in [1.165, 1.54) is 28.3 Å². The van der Waals surface area contributed by atoms with Crippen LogP contribution in [0.5, 0.6) is 0 Å². The van der Waals surface area contributed by atoms with E-state index in [2.05, 4.69) is 20.1 Å². The minimum Gasteiger partial charge on any atom is -0.453 e. The second-order valence-electron chi connectivity index (χ2n) is 5.47. The Morgan fingerprint density at radius 3 is 1.48 bits per heavy atom. The first kappa shape index (κ1) is 20.7. The summed E-state index contributed by atoms with van der Waals surface area (Å²) in [6.07, 6.45) is -1.51. The van der Waals surface area contributed by atoms with Gasteiger partial charge in [0, 0.05) is 14.1 Å². The Morgan fingerprint density at radius 2 is 1.20 bits per heavy atom. The Bertz CT molecular complexity index is 757. The lowest BCUT2D eigenvalue weighted by Gasteiger charge is -2.23. The number of carbonyl (C=O) groups excluding carboxylic acids is 2. The smallest absolute Gasteiger partial charge is 0.411 e. The number of sulfonamides is 1. The predicted octanol–water partition coefficient (Wildman–Crippen LogP) is 2.22. The molecule has 0 spiro atoms. The van der Waals surface area contributed by atoms with Crippen molar-refractivity contribution in [1.29, 1.82) is 0 Å². The summed E-state index contributed by atoms with van der Waals surface area (Å²) in [4.78, 5) is 23.3. The van der Waals surface area contributed by atoms with Gasteiger partial charge in [0.1, 0.15) is 0 Å². The Balaban J connectivity index is 3.83. The number of amides is 2. The van der Waals surface area contributed by atoms with Crippen LogP contribution in [0.25, 0.3) is 0 Å². The molecule has 0 radical (unpaired) electrons. The number of nitrogens with zero attached hydrogens (tertiary/aromatic N) is 1. The first-order valence-electron chi connectivity index (χ1n) is 7.25. The van der Waals surface area contributed by atoms with Crippen LogP contribution in [0, 0.1) is 20.8 Å². The zero-order valence-corrected chi connectivity index (χ0v) is 16.1. The van der Waals surface area contributed by atoms with Gasteiger partial charge >= 0.3 is 12.2 Å². The van der Waals surface area contributed by atoms with Gasteiger partial charge in [0.05, 0.1) is 30.5 Å². The van der Waals surface area contributed by atoms with Gasteiger partial charge in [-0.25, -0.2) is 22.3 Å². The van der Waals surface area contributed by atoms with Crippen LogP contribution < -0.4 is 10.6 Å². The lowest BCUT2D eigenvalue weighted by atomic mass is 10.0. The molecule has 140 valence electrons. The highest BCUT2D eigenvalue weighted by atomic mass is 32.2. The fourth-order valence-electron chi connectivity index (χ4n) is 2.45. The molecule has 1 aromatic carbocycles. The molecule has 0 fully saturated rings. The van der Waals surface area contributed by atoms with Crippen molar-refractivity contribution in [2.45, 2.75) is 25.7 Å². The summed E-state index contributed by atoms with van der Waals surface area (Å²) in [5.74, 6) is 0. The average molecular weight is 373 g/mol. The van der Waals surface area contributed by atoms with Crippen molar-refractivity contribution in [3.8, 4) is 0 Å². The van der Waals surface area contributed by atoms with Gasteiger partial charge in [0.2, 0.25) is 10.0 Å². The second kappa shape index (κ2) is 7.70. The topological polar surface area (TPSA) is 114 Å². The number of rotatable bonds is 4. The van der Waals surface area contributed by atoms with Crippen molar-refractivity contribution in [2.24, 2.45) is 0 Å². The maximum absolute atomic E-state index is 12.7. The molecule has 2 N–H and O–H groups in total. The van der Waals surface area contributed by atoms with Crippen molar-refractivity contribution in [2.75, 3.05) is 38.9 Å². The van der Waals surface area contributed by atoms with E-state index >= 15 is 0 Å². The van der Waals surface area contributed by atoms with Crippen LogP contribution in [0.4, 0.5) is 21.0 Å². The molecule has 0 aliphatic heterocycles. The maximum Gasteiger partial charge on any atom is 0.411 e. The van der Waals surface area contributed by atoms with Gasteiger partial charge in [0.15, 0.2) is 0 Å². The molecule has 0 unspecified atom stereocenters. The van der Waals surface area contributed by atoms with E-state index in [-0.39, 0.29) is 16.3 Å². The molecule has 0 aliphatic rings. The van der Waals surface area contributed by atoms with Gasteiger partial charge in [-0.2, -0.15) is 0 Å². The molecule has 0 saturated heterocycles. The molecule has 1 aromatic rings. The van der Waals surface area contributed by atoms with Gasteiger partial charge in [-0.3, -0.25) is 10.6 Å². The van der Waals surface area contributed by atoms with E-state index in [0.717, 1.165) is 4.31 Å². The van der Waals surface area contributed by atoms with Crippen LogP contribution in [0.2, 0.25) is 0 Å². The van der Waals surface area contributed by atoms with Crippen molar-refractivity contribution in [3.63, 3.8) is 0 Å². The monoisotopic (exact) mass is 373 g/mol. The molecule has 10 heteroatoms.